The molecule has 0 spiro atoms. The van der Waals surface area contributed by atoms with Crippen LogP contribution in [0.2, 0.25) is 0 Å². The molecule has 2 aromatic rings. The van der Waals surface area contributed by atoms with E-state index < -0.39 is 0 Å². The zero-order valence-corrected chi connectivity index (χ0v) is 17.3. The number of methoxy groups -OCH3 is 2. The number of rotatable bonds is 9. The van der Waals surface area contributed by atoms with Crippen molar-refractivity contribution in [2.75, 3.05) is 40.4 Å². The molecular formula is C21H33N5O2. The Kier molecular flexibility index (Phi) is 7.03. The summed E-state index contributed by atoms with van der Waals surface area (Å²) >= 11 is 0. The maximum Gasteiger partial charge on any atom is 0.188 e. The molecule has 0 aliphatic carbocycles. The first-order chi connectivity index (χ1) is 13.6. The molecule has 1 saturated heterocycles. The van der Waals surface area contributed by atoms with Crippen molar-refractivity contribution < 1.29 is 9.47 Å². The minimum absolute atomic E-state index is 0.545. The third-order valence-corrected chi connectivity index (χ3v) is 5.49. The van der Waals surface area contributed by atoms with Crippen LogP contribution in [0.25, 0.3) is 10.9 Å². The highest BCUT2D eigenvalue weighted by molar-refractivity contribution is 5.88. The van der Waals surface area contributed by atoms with Crippen molar-refractivity contribution in [2.24, 2.45) is 10.7 Å². The fourth-order valence-electron chi connectivity index (χ4n) is 3.93. The van der Waals surface area contributed by atoms with Gasteiger partial charge in [0.1, 0.15) is 11.5 Å². The number of aromatic amines is 1. The molecule has 1 atom stereocenters. The van der Waals surface area contributed by atoms with Gasteiger partial charge in [-0.2, -0.15) is 0 Å². The van der Waals surface area contributed by atoms with Gasteiger partial charge in [-0.25, -0.2) is 0 Å². The number of hydrogen-bond acceptors (Lipinski definition) is 4. The zero-order chi connectivity index (χ0) is 19.9. The van der Waals surface area contributed by atoms with Crippen LogP contribution < -0.4 is 20.5 Å². The summed E-state index contributed by atoms with van der Waals surface area (Å²) in [5.41, 5.74) is 8.23. The van der Waals surface area contributed by atoms with E-state index in [1.807, 2.05) is 12.1 Å². The van der Waals surface area contributed by atoms with Crippen LogP contribution in [-0.4, -0.2) is 62.3 Å². The van der Waals surface area contributed by atoms with E-state index in [1.54, 1.807) is 14.2 Å². The second kappa shape index (κ2) is 9.68. The Bertz CT molecular complexity index is 801. The maximum absolute atomic E-state index is 6.03. The number of aliphatic imine (C=N–C) groups is 1. The molecule has 7 heteroatoms. The molecule has 1 aliphatic heterocycles. The molecule has 3 rings (SSSR count). The minimum Gasteiger partial charge on any atom is -0.497 e. The lowest BCUT2D eigenvalue weighted by molar-refractivity contribution is 0.273. The summed E-state index contributed by atoms with van der Waals surface area (Å²) in [7, 11) is 3.34. The fraction of sp³-hybridized carbons (Fsp3) is 0.571. The van der Waals surface area contributed by atoms with Crippen molar-refractivity contribution in [1.82, 2.24) is 15.2 Å². The van der Waals surface area contributed by atoms with Crippen LogP contribution in [0.1, 0.15) is 31.9 Å². The lowest BCUT2D eigenvalue weighted by Crippen LogP contribution is -2.36. The minimum atomic E-state index is 0.545. The van der Waals surface area contributed by atoms with E-state index in [4.69, 9.17) is 15.2 Å². The van der Waals surface area contributed by atoms with E-state index in [0.29, 0.717) is 12.0 Å². The number of nitrogens with two attached hydrogens (primary N) is 1. The Labute approximate surface area is 167 Å². The third kappa shape index (κ3) is 4.90. The van der Waals surface area contributed by atoms with Crippen LogP contribution in [0.15, 0.2) is 23.2 Å². The predicted molar refractivity (Wildman–Crippen MR) is 114 cm³/mol. The van der Waals surface area contributed by atoms with Crippen molar-refractivity contribution in [1.29, 1.82) is 0 Å². The summed E-state index contributed by atoms with van der Waals surface area (Å²) in [6, 6.07) is 6.59. The molecule has 0 amide bonds. The topological polar surface area (TPSA) is 87.9 Å². The number of ether oxygens (including phenoxy) is 2. The molecule has 154 valence electrons. The molecule has 0 saturated carbocycles. The van der Waals surface area contributed by atoms with Gasteiger partial charge in [-0.1, -0.05) is 6.92 Å². The van der Waals surface area contributed by atoms with E-state index in [0.717, 1.165) is 54.9 Å². The van der Waals surface area contributed by atoms with E-state index >= 15 is 0 Å². The Morgan fingerprint density at radius 3 is 2.93 bits per heavy atom. The standard InChI is InChI=1S/C21H33N5O2/c1-4-26-10-6-8-16(26)14-24-21(22)23-9-5-7-15-11-18-19(25-15)12-17(27-2)13-20(18)28-3/h11-13,16,25H,4-10,14H2,1-3H3,(H3,22,23,24). The molecule has 2 heterocycles. The van der Waals surface area contributed by atoms with Crippen molar-refractivity contribution in [3.63, 3.8) is 0 Å². The number of hydrogen-bond donors (Lipinski definition) is 3. The molecule has 28 heavy (non-hydrogen) atoms. The first-order valence-electron chi connectivity index (χ1n) is 10.2. The first kappa shape index (κ1) is 20.3. The molecular weight excluding hydrogens is 354 g/mol. The largest absolute Gasteiger partial charge is 0.497 e. The highest BCUT2D eigenvalue weighted by atomic mass is 16.5. The van der Waals surface area contributed by atoms with Crippen molar-refractivity contribution in [2.45, 2.75) is 38.6 Å². The van der Waals surface area contributed by atoms with E-state index in [-0.39, 0.29) is 0 Å². The number of guanidine groups is 1. The van der Waals surface area contributed by atoms with Crippen LogP contribution in [0.3, 0.4) is 0 Å². The van der Waals surface area contributed by atoms with Crippen molar-refractivity contribution in [3.05, 3.63) is 23.9 Å². The molecule has 1 aromatic heterocycles. The van der Waals surface area contributed by atoms with E-state index in [1.165, 1.54) is 25.1 Å². The van der Waals surface area contributed by atoms with Crippen LogP contribution in [0.5, 0.6) is 11.5 Å². The molecule has 7 nitrogen and oxygen atoms in total. The highest BCUT2D eigenvalue weighted by Crippen LogP contribution is 2.31. The number of likely N-dealkylation sites (N-methyl/N-ethyl adjacent to an activating group) is 1. The maximum atomic E-state index is 6.03. The lowest BCUT2D eigenvalue weighted by Gasteiger charge is -2.20. The average molecular weight is 388 g/mol. The van der Waals surface area contributed by atoms with Crippen molar-refractivity contribution in [3.8, 4) is 11.5 Å². The Morgan fingerprint density at radius 1 is 1.32 bits per heavy atom. The van der Waals surface area contributed by atoms with Gasteiger partial charge in [0.15, 0.2) is 5.96 Å². The van der Waals surface area contributed by atoms with Crippen LogP contribution >= 0.6 is 0 Å². The lowest BCUT2D eigenvalue weighted by atomic mass is 10.2. The van der Waals surface area contributed by atoms with Gasteiger partial charge in [-0.05, 0) is 44.8 Å². The number of likely N-dealkylation sites (tertiary alicyclic amines) is 1. The summed E-state index contributed by atoms with van der Waals surface area (Å²) < 4.78 is 10.8. The quantitative estimate of drug-likeness (QED) is 0.350. The Balaban J connectivity index is 1.47. The van der Waals surface area contributed by atoms with E-state index in [9.17, 15) is 0 Å². The monoisotopic (exact) mass is 387 g/mol. The number of nitrogens with one attached hydrogen (secondary N) is 2. The predicted octanol–water partition coefficient (Wildman–Crippen LogP) is 2.51. The van der Waals surface area contributed by atoms with Gasteiger partial charge in [-0.3, -0.25) is 9.89 Å². The van der Waals surface area contributed by atoms with Gasteiger partial charge in [-0.15, -0.1) is 0 Å². The number of aryl methyl sites for hydroxylation is 1. The smallest absolute Gasteiger partial charge is 0.188 e. The summed E-state index contributed by atoms with van der Waals surface area (Å²) in [5.74, 6) is 2.15. The molecule has 1 aliphatic rings. The third-order valence-electron chi connectivity index (χ3n) is 5.49. The van der Waals surface area contributed by atoms with Gasteiger partial charge in [0.25, 0.3) is 0 Å². The second-order valence-corrected chi connectivity index (χ2v) is 7.27. The molecule has 1 unspecified atom stereocenters. The summed E-state index contributed by atoms with van der Waals surface area (Å²) in [5, 5.41) is 4.31. The average Bonchev–Trinajstić information content (AvgIpc) is 3.34. The number of nitrogens with zero attached hydrogens (tertiary/aromatic N) is 2. The number of fused-ring (bicyclic) bond motifs is 1. The molecule has 1 aromatic carbocycles. The number of benzene rings is 1. The van der Waals surface area contributed by atoms with Gasteiger partial charge in [0.05, 0.1) is 26.3 Å². The van der Waals surface area contributed by atoms with Gasteiger partial charge in [0, 0.05) is 35.8 Å². The molecule has 1 fully saturated rings. The number of H-pyrrole nitrogens is 1. The highest BCUT2D eigenvalue weighted by Gasteiger charge is 2.22. The van der Waals surface area contributed by atoms with Crippen LogP contribution in [0, 0.1) is 0 Å². The van der Waals surface area contributed by atoms with E-state index in [2.05, 4.69) is 33.2 Å². The fourth-order valence-corrected chi connectivity index (χ4v) is 3.93. The number of aromatic nitrogens is 1. The van der Waals surface area contributed by atoms with Gasteiger partial charge >= 0.3 is 0 Å². The van der Waals surface area contributed by atoms with Gasteiger partial charge in [0.2, 0.25) is 0 Å². The zero-order valence-electron chi connectivity index (χ0n) is 17.3. The summed E-state index contributed by atoms with van der Waals surface area (Å²) in [6.07, 6.45) is 4.38. The normalized spacial score (nSPS) is 18.0. The van der Waals surface area contributed by atoms with Crippen LogP contribution in [-0.2, 0) is 6.42 Å². The van der Waals surface area contributed by atoms with Crippen molar-refractivity contribution >= 4 is 16.9 Å². The van der Waals surface area contributed by atoms with Crippen LogP contribution in [0.4, 0.5) is 0 Å². The Morgan fingerprint density at radius 2 is 2.18 bits per heavy atom. The Hall–Kier alpha value is -2.41. The summed E-state index contributed by atoms with van der Waals surface area (Å²) in [4.78, 5) is 10.5. The molecule has 0 radical (unpaired) electrons. The second-order valence-electron chi connectivity index (χ2n) is 7.27. The molecule has 0 bridgehead atoms. The SMILES string of the molecule is CCN1CCCC1CN=C(N)NCCCc1cc2c(OC)cc(OC)cc2[nH]1. The van der Waals surface area contributed by atoms with Gasteiger partial charge < -0.3 is 25.5 Å². The molecule has 4 N–H and O–H groups in total. The summed E-state index contributed by atoms with van der Waals surface area (Å²) in [6.45, 7) is 6.07. The first-order valence-corrected chi connectivity index (χ1v) is 10.2.